The molecule has 0 aliphatic carbocycles. The fourth-order valence-electron chi connectivity index (χ4n) is 1.32. The van der Waals surface area contributed by atoms with E-state index in [4.69, 9.17) is 11.2 Å². The third-order valence-electron chi connectivity index (χ3n) is 2.09. The van der Waals surface area contributed by atoms with Crippen molar-refractivity contribution in [3.63, 3.8) is 0 Å². The second kappa shape index (κ2) is 4.57. The van der Waals surface area contributed by atoms with Crippen molar-refractivity contribution in [3.8, 4) is 18.1 Å². The van der Waals surface area contributed by atoms with E-state index in [1.54, 1.807) is 0 Å². The van der Waals surface area contributed by atoms with Crippen LogP contribution in [-0.4, -0.2) is 6.61 Å². The van der Waals surface area contributed by atoms with Gasteiger partial charge in [-0.15, -0.1) is 6.42 Å². The molecule has 1 aromatic carbocycles. The summed E-state index contributed by atoms with van der Waals surface area (Å²) in [7, 11) is 0. The zero-order valence-electron chi connectivity index (χ0n) is 8.13. The molecule has 1 nitrogen and oxygen atoms in total. The molecule has 0 saturated carbocycles. The molecule has 0 saturated heterocycles. The van der Waals surface area contributed by atoms with Crippen LogP contribution in [0.1, 0.15) is 18.1 Å². The molecule has 68 valence electrons. The van der Waals surface area contributed by atoms with E-state index in [-0.39, 0.29) is 0 Å². The Kier molecular flexibility index (Phi) is 3.40. The van der Waals surface area contributed by atoms with E-state index >= 15 is 0 Å². The lowest BCUT2D eigenvalue weighted by atomic mass is 10.1. The van der Waals surface area contributed by atoms with Crippen LogP contribution in [0.15, 0.2) is 18.2 Å². The Labute approximate surface area is 79.7 Å². The van der Waals surface area contributed by atoms with Crippen LogP contribution in [0.25, 0.3) is 0 Å². The number of ether oxygens (including phenoxy) is 1. The van der Waals surface area contributed by atoms with Gasteiger partial charge in [0, 0.05) is 0 Å². The van der Waals surface area contributed by atoms with Crippen LogP contribution in [-0.2, 0) is 6.42 Å². The largest absolute Gasteiger partial charge is 0.481 e. The molecule has 0 amide bonds. The van der Waals surface area contributed by atoms with Gasteiger partial charge in [0.1, 0.15) is 12.4 Å². The molecule has 1 heteroatoms. The third-order valence-corrected chi connectivity index (χ3v) is 2.09. The highest BCUT2D eigenvalue weighted by molar-refractivity contribution is 5.39. The zero-order chi connectivity index (χ0) is 9.68. The molecule has 0 unspecified atom stereocenters. The van der Waals surface area contributed by atoms with Gasteiger partial charge in [0.2, 0.25) is 0 Å². The van der Waals surface area contributed by atoms with Crippen LogP contribution in [0.3, 0.4) is 0 Å². The van der Waals surface area contributed by atoms with E-state index in [9.17, 15) is 0 Å². The van der Waals surface area contributed by atoms with Gasteiger partial charge in [0.15, 0.2) is 0 Å². The predicted octanol–water partition coefficient (Wildman–Crippen LogP) is 2.57. The molecule has 1 rings (SSSR count). The summed E-state index contributed by atoms with van der Waals surface area (Å²) in [5.41, 5.74) is 2.51. The van der Waals surface area contributed by atoms with Crippen molar-refractivity contribution in [3.05, 3.63) is 29.3 Å². The number of aryl methyl sites for hydroxylation is 1. The number of rotatable bonds is 3. The summed E-state index contributed by atoms with van der Waals surface area (Å²) >= 11 is 0. The lowest BCUT2D eigenvalue weighted by molar-refractivity contribution is 0.367. The minimum absolute atomic E-state index is 0.341. The molecule has 0 atom stereocenters. The maximum Gasteiger partial charge on any atom is 0.148 e. The van der Waals surface area contributed by atoms with E-state index in [1.165, 1.54) is 11.1 Å². The highest BCUT2D eigenvalue weighted by Gasteiger charge is 2.01. The molecular weight excluding hydrogens is 160 g/mol. The summed E-state index contributed by atoms with van der Waals surface area (Å²) < 4.78 is 5.39. The molecule has 0 radical (unpaired) electrons. The molecule has 0 bridgehead atoms. The van der Waals surface area contributed by atoms with Crippen molar-refractivity contribution < 1.29 is 4.74 Å². The van der Waals surface area contributed by atoms with Crippen molar-refractivity contribution in [2.75, 3.05) is 6.61 Å². The Morgan fingerprint density at radius 3 is 2.85 bits per heavy atom. The molecule has 0 fully saturated rings. The summed E-state index contributed by atoms with van der Waals surface area (Å²) in [6.45, 7) is 4.53. The smallest absolute Gasteiger partial charge is 0.148 e. The first-order chi connectivity index (χ1) is 6.29. The van der Waals surface area contributed by atoms with E-state index in [2.05, 4.69) is 25.8 Å². The SMILES string of the molecule is C#CCOc1cccc(CC)c1C. The van der Waals surface area contributed by atoms with Crippen molar-refractivity contribution in [1.29, 1.82) is 0 Å². The fourth-order valence-corrected chi connectivity index (χ4v) is 1.32. The van der Waals surface area contributed by atoms with Crippen LogP contribution in [0.4, 0.5) is 0 Å². The van der Waals surface area contributed by atoms with Gasteiger partial charge >= 0.3 is 0 Å². The van der Waals surface area contributed by atoms with Gasteiger partial charge in [-0.25, -0.2) is 0 Å². The van der Waals surface area contributed by atoms with Gasteiger partial charge in [-0.05, 0) is 30.5 Å². The number of benzene rings is 1. The molecular formula is C12H14O. The van der Waals surface area contributed by atoms with E-state index in [0.29, 0.717) is 6.61 Å². The van der Waals surface area contributed by atoms with Crippen LogP contribution < -0.4 is 4.74 Å². The summed E-state index contributed by atoms with van der Waals surface area (Å²) in [6.07, 6.45) is 6.15. The number of hydrogen-bond acceptors (Lipinski definition) is 1. The highest BCUT2D eigenvalue weighted by Crippen LogP contribution is 2.21. The average molecular weight is 174 g/mol. The van der Waals surface area contributed by atoms with Gasteiger partial charge in [0.05, 0.1) is 0 Å². The second-order valence-electron chi connectivity index (χ2n) is 2.89. The normalized spacial score (nSPS) is 9.31. The zero-order valence-corrected chi connectivity index (χ0v) is 8.13. The van der Waals surface area contributed by atoms with Gasteiger partial charge in [0.25, 0.3) is 0 Å². The molecule has 0 aromatic heterocycles. The number of hydrogen-bond donors (Lipinski definition) is 0. The third kappa shape index (κ3) is 2.26. The van der Waals surface area contributed by atoms with Crippen LogP contribution >= 0.6 is 0 Å². The van der Waals surface area contributed by atoms with Crippen LogP contribution in [0.2, 0.25) is 0 Å². The first-order valence-corrected chi connectivity index (χ1v) is 4.44. The summed E-state index contributed by atoms with van der Waals surface area (Å²) in [4.78, 5) is 0. The minimum Gasteiger partial charge on any atom is -0.481 e. The first kappa shape index (κ1) is 9.67. The van der Waals surface area contributed by atoms with Crippen molar-refractivity contribution in [1.82, 2.24) is 0 Å². The molecule has 1 aromatic rings. The topological polar surface area (TPSA) is 9.23 Å². The van der Waals surface area contributed by atoms with Crippen LogP contribution in [0.5, 0.6) is 5.75 Å². The quantitative estimate of drug-likeness (QED) is 0.640. The Morgan fingerprint density at radius 1 is 1.46 bits per heavy atom. The number of terminal acetylenes is 1. The Hall–Kier alpha value is -1.42. The molecule has 13 heavy (non-hydrogen) atoms. The van der Waals surface area contributed by atoms with Crippen molar-refractivity contribution in [2.45, 2.75) is 20.3 Å². The Balaban J connectivity index is 2.89. The van der Waals surface area contributed by atoms with E-state index < -0.39 is 0 Å². The monoisotopic (exact) mass is 174 g/mol. The van der Waals surface area contributed by atoms with E-state index in [1.807, 2.05) is 12.1 Å². The van der Waals surface area contributed by atoms with E-state index in [0.717, 1.165) is 12.2 Å². The summed E-state index contributed by atoms with van der Waals surface area (Å²) in [6, 6.07) is 6.06. The minimum atomic E-state index is 0.341. The predicted molar refractivity (Wildman–Crippen MR) is 54.9 cm³/mol. The fraction of sp³-hybridized carbons (Fsp3) is 0.333. The molecule has 0 heterocycles. The Bertz CT molecular complexity index is 320. The van der Waals surface area contributed by atoms with Gasteiger partial charge < -0.3 is 4.74 Å². The standard InChI is InChI=1S/C12H14O/c1-4-9-13-12-8-6-7-11(5-2)10(12)3/h1,6-8H,5,9H2,2-3H3. The lowest BCUT2D eigenvalue weighted by Crippen LogP contribution is -1.97. The van der Waals surface area contributed by atoms with Gasteiger partial charge in [-0.1, -0.05) is 25.0 Å². The average Bonchev–Trinajstić information content (AvgIpc) is 2.16. The van der Waals surface area contributed by atoms with Crippen molar-refractivity contribution in [2.24, 2.45) is 0 Å². The van der Waals surface area contributed by atoms with Crippen molar-refractivity contribution >= 4 is 0 Å². The molecule has 0 spiro atoms. The maximum absolute atomic E-state index is 5.39. The highest BCUT2D eigenvalue weighted by atomic mass is 16.5. The maximum atomic E-state index is 5.39. The molecule has 0 aliphatic rings. The summed E-state index contributed by atoms with van der Waals surface area (Å²) in [5, 5.41) is 0. The summed E-state index contributed by atoms with van der Waals surface area (Å²) in [5.74, 6) is 3.36. The van der Waals surface area contributed by atoms with Gasteiger partial charge in [-0.2, -0.15) is 0 Å². The second-order valence-corrected chi connectivity index (χ2v) is 2.89. The van der Waals surface area contributed by atoms with Gasteiger partial charge in [-0.3, -0.25) is 0 Å². The van der Waals surface area contributed by atoms with Crippen LogP contribution in [0, 0.1) is 19.3 Å². The molecule has 0 aliphatic heterocycles. The molecule has 0 N–H and O–H groups in total. The first-order valence-electron chi connectivity index (χ1n) is 4.44. The lowest BCUT2D eigenvalue weighted by Gasteiger charge is -2.09. The Morgan fingerprint density at radius 2 is 2.23 bits per heavy atom.